The van der Waals surface area contributed by atoms with E-state index in [0.717, 1.165) is 6.42 Å². The normalized spacial score (nSPS) is 11.1. The second kappa shape index (κ2) is 7.52. The Morgan fingerprint density at radius 1 is 1.15 bits per heavy atom. The molecule has 5 heteroatoms. The highest BCUT2D eigenvalue weighted by atomic mass is 16.5. The number of hydrogen-bond donors (Lipinski definition) is 1. The third-order valence-electron chi connectivity index (χ3n) is 4.25. The Bertz CT molecular complexity index is 975. The first-order valence-electron chi connectivity index (χ1n) is 8.62. The molecule has 26 heavy (non-hydrogen) atoms. The number of hydrogen-bond acceptors (Lipinski definition) is 5. The fraction of sp³-hybridized carbons (Fsp3) is 0.286. The van der Waals surface area contributed by atoms with E-state index in [0.29, 0.717) is 51.8 Å². The Hall–Kier alpha value is -2.95. The van der Waals surface area contributed by atoms with Gasteiger partial charge in [-0.3, -0.25) is 4.79 Å². The van der Waals surface area contributed by atoms with E-state index < -0.39 is 0 Å². The monoisotopic (exact) mass is 353 g/mol. The molecule has 136 valence electrons. The van der Waals surface area contributed by atoms with E-state index in [2.05, 4.69) is 13.8 Å². The van der Waals surface area contributed by atoms with Gasteiger partial charge in [0.1, 0.15) is 23.3 Å². The topological polar surface area (TPSA) is 74.7 Å². The lowest BCUT2D eigenvalue weighted by Crippen LogP contribution is -2.06. The minimum absolute atomic E-state index is 0.107. The summed E-state index contributed by atoms with van der Waals surface area (Å²) in [4.78, 5) is 12.8. The first-order valence-corrected chi connectivity index (χ1v) is 8.62. The predicted molar refractivity (Wildman–Crippen MR) is 104 cm³/mol. The van der Waals surface area contributed by atoms with E-state index in [1.165, 1.54) is 6.26 Å². The van der Waals surface area contributed by atoms with Crippen molar-refractivity contribution in [2.24, 2.45) is 5.92 Å². The molecule has 0 radical (unpaired) electrons. The van der Waals surface area contributed by atoms with Gasteiger partial charge in [-0.2, -0.15) is 0 Å². The average Bonchev–Trinajstić information content (AvgIpc) is 2.61. The molecule has 0 spiro atoms. The largest absolute Gasteiger partial charge is 0.495 e. The van der Waals surface area contributed by atoms with Gasteiger partial charge in [-0.05, 0) is 42.2 Å². The zero-order chi connectivity index (χ0) is 18.7. The molecule has 0 bridgehead atoms. The van der Waals surface area contributed by atoms with Crippen LogP contribution in [-0.2, 0) is 0 Å². The van der Waals surface area contributed by atoms with Crippen molar-refractivity contribution in [1.82, 2.24) is 0 Å². The van der Waals surface area contributed by atoms with Crippen LogP contribution in [0, 0.1) is 5.92 Å². The van der Waals surface area contributed by atoms with Crippen LogP contribution in [0.3, 0.4) is 0 Å². The highest BCUT2D eigenvalue weighted by molar-refractivity contribution is 5.83. The van der Waals surface area contributed by atoms with Gasteiger partial charge in [0.2, 0.25) is 0 Å². The van der Waals surface area contributed by atoms with Crippen LogP contribution < -0.4 is 20.6 Å². The summed E-state index contributed by atoms with van der Waals surface area (Å²) in [5, 5.41) is 0.507. The van der Waals surface area contributed by atoms with Crippen molar-refractivity contribution in [2.75, 3.05) is 19.5 Å². The zero-order valence-corrected chi connectivity index (χ0v) is 15.2. The lowest BCUT2D eigenvalue weighted by Gasteiger charge is -2.09. The van der Waals surface area contributed by atoms with Gasteiger partial charge in [-0.25, -0.2) is 0 Å². The summed E-state index contributed by atoms with van der Waals surface area (Å²) in [6.45, 7) is 4.93. The molecule has 0 unspecified atom stereocenters. The molecular formula is C21H23NO4. The van der Waals surface area contributed by atoms with Crippen LogP contribution in [0.5, 0.6) is 11.5 Å². The minimum atomic E-state index is -0.107. The summed E-state index contributed by atoms with van der Waals surface area (Å²) in [7, 11) is 1.55. The van der Waals surface area contributed by atoms with Gasteiger partial charge >= 0.3 is 0 Å². The van der Waals surface area contributed by atoms with Crippen LogP contribution in [0.25, 0.3) is 22.1 Å². The van der Waals surface area contributed by atoms with E-state index in [1.807, 2.05) is 0 Å². The van der Waals surface area contributed by atoms with Gasteiger partial charge < -0.3 is 19.6 Å². The fourth-order valence-corrected chi connectivity index (χ4v) is 2.71. The number of anilines is 1. The first-order chi connectivity index (χ1) is 12.5. The quantitative estimate of drug-likeness (QED) is 0.662. The van der Waals surface area contributed by atoms with Crippen LogP contribution in [0.15, 0.2) is 51.9 Å². The highest BCUT2D eigenvalue weighted by Crippen LogP contribution is 2.28. The smallest absolute Gasteiger partial charge is 0.200 e. The van der Waals surface area contributed by atoms with Crippen LogP contribution >= 0.6 is 0 Å². The second-order valence-electron chi connectivity index (χ2n) is 6.62. The van der Waals surface area contributed by atoms with E-state index in [4.69, 9.17) is 19.6 Å². The molecule has 1 aromatic heterocycles. The maximum Gasteiger partial charge on any atom is 0.200 e. The number of benzene rings is 2. The molecule has 0 aliphatic carbocycles. The summed E-state index contributed by atoms with van der Waals surface area (Å²) in [6, 6.07) is 10.5. The van der Waals surface area contributed by atoms with Crippen molar-refractivity contribution in [3.05, 3.63) is 52.9 Å². The van der Waals surface area contributed by atoms with E-state index >= 15 is 0 Å². The van der Waals surface area contributed by atoms with Crippen molar-refractivity contribution < 1.29 is 13.9 Å². The molecule has 3 aromatic rings. The Kier molecular flexibility index (Phi) is 5.16. The number of nitrogen functional groups attached to an aromatic ring is 1. The number of rotatable bonds is 6. The van der Waals surface area contributed by atoms with Crippen molar-refractivity contribution in [2.45, 2.75) is 20.3 Å². The van der Waals surface area contributed by atoms with Crippen LogP contribution in [0.2, 0.25) is 0 Å². The number of methoxy groups -OCH3 is 1. The minimum Gasteiger partial charge on any atom is -0.495 e. The fourth-order valence-electron chi connectivity index (χ4n) is 2.71. The van der Waals surface area contributed by atoms with Gasteiger partial charge in [0.05, 0.1) is 30.4 Å². The van der Waals surface area contributed by atoms with Gasteiger partial charge in [0.25, 0.3) is 0 Å². The van der Waals surface area contributed by atoms with E-state index in [9.17, 15) is 4.79 Å². The summed E-state index contributed by atoms with van der Waals surface area (Å²) in [5.41, 5.74) is 7.96. The van der Waals surface area contributed by atoms with Crippen LogP contribution in [-0.4, -0.2) is 13.7 Å². The molecule has 2 aromatic carbocycles. The van der Waals surface area contributed by atoms with Gasteiger partial charge in [0.15, 0.2) is 5.43 Å². The van der Waals surface area contributed by atoms with Crippen molar-refractivity contribution >= 4 is 16.7 Å². The van der Waals surface area contributed by atoms with Crippen molar-refractivity contribution in [1.29, 1.82) is 0 Å². The SMILES string of the molecule is COc1ccc(-c2coc3cc(OCCC(C)C)ccc3c2=O)cc1N. The maximum atomic E-state index is 12.8. The molecule has 2 N–H and O–H groups in total. The predicted octanol–water partition coefficient (Wildman–Crippen LogP) is 4.48. The molecule has 0 aliphatic rings. The Morgan fingerprint density at radius 2 is 1.96 bits per heavy atom. The van der Waals surface area contributed by atoms with Crippen molar-refractivity contribution in [3.63, 3.8) is 0 Å². The molecule has 1 heterocycles. The van der Waals surface area contributed by atoms with Gasteiger partial charge in [-0.1, -0.05) is 19.9 Å². The summed E-state index contributed by atoms with van der Waals surface area (Å²) >= 11 is 0. The molecule has 0 aliphatic heterocycles. The zero-order valence-electron chi connectivity index (χ0n) is 15.2. The standard InChI is InChI=1S/C21H23NO4/c1-13(2)8-9-25-15-5-6-16-20(11-15)26-12-17(21(16)23)14-4-7-19(24-3)18(22)10-14/h4-7,10-13H,8-9,22H2,1-3H3. The second-order valence-corrected chi connectivity index (χ2v) is 6.62. The van der Waals surface area contributed by atoms with Gasteiger partial charge in [-0.15, -0.1) is 0 Å². The lowest BCUT2D eigenvalue weighted by molar-refractivity contribution is 0.289. The van der Waals surface area contributed by atoms with E-state index in [1.54, 1.807) is 43.5 Å². The third-order valence-corrected chi connectivity index (χ3v) is 4.25. The summed E-state index contributed by atoms with van der Waals surface area (Å²) < 4.78 is 16.6. The maximum absolute atomic E-state index is 12.8. The molecule has 5 nitrogen and oxygen atoms in total. The molecule has 0 saturated carbocycles. The lowest BCUT2D eigenvalue weighted by atomic mass is 10.0. The Morgan fingerprint density at radius 3 is 2.65 bits per heavy atom. The molecule has 0 fully saturated rings. The van der Waals surface area contributed by atoms with Crippen molar-refractivity contribution in [3.8, 4) is 22.6 Å². The number of fused-ring (bicyclic) bond motifs is 1. The first kappa shape index (κ1) is 17.9. The molecule has 3 rings (SSSR count). The van der Waals surface area contributed by atoms with Gasteiger partial charge in [0, 0.05) is 6.07 Å². The number of nitrogens with two attached hydrogens (primary N) is 1. The average molecular weight is 353 g/mol. The number of ether oxygens (including phenoxy) is 2. The Balaban J connectivity index is 1.94. The molecular weight excluding hydrogens is 330 g/mol. The Labute approximate surface area is 152 Å². The summed E-state index contributed by atoms with van der Waals surface area (Å²) in [5.74, 6) is 1.85. The van der Waals surface area contributed by atoms with Crippen LogP contribution in [0.1, 0.15) is 20.3 Å². The molecule has 0 atom stereocenters. The summed E-state index contributed by atoms with van der Waals surface area (Å²) in [6.07, 6.45) is 2.43. The third kappa shape index (κ3) is 3.67. The molecule has 0 amide bonds. The van der Waals surface area contributed by atoms with E-state index in [-0.39, 0.29) is 5.43 Å². The van der Waals surface area contributed by atoms with Crippen LogP contribution in [0.4, 0.5) is 5.69 Å². The highest BCUT2D eigenvalue weighted by Gasteiger charge is 2.12. The molecule has 0 saturated heterocycles.